The lowest BCUT2D eigenvalue weighted by Gasteiger charge is -2.09. The lowest BCUT2D eigenvalue weighted by Crippen LogP contribution is -2.24. The maximum atomic E-state index is 12.2. The number of nitrogens with one attached hydrogen (secondary N) is 1. The fourth-order valence-corrected chi connectivity index (χ4v) is 3.16. The molecule has 2 heterocycles. The van der Waals surface area contributed by atoms with E-state index in [9.17, 15) is 4.79 Å². The van der Waals surface area contributed by atoms with E-state index in [-0.39, 0.29) is 5.91 Å². The molecule has 0 bridgehead atoms. The normalized spacial score (nSPS) is 13.6. The number of nitrogens with zero attached hydrogens (tertiary/aromatic N) is 2. The Labute approximate surface area is 145 Å². The SMILES string of the molecule is NCCCOc1ccc(-c2nc3cccc4c3n2CCNC4=O)cc1. The van der Waals surface area contributed by atoms with Crippen molar-refractivity contribution in [3.8, 4) is 17.1 Å². The van der Waals surface area contributed by atoms with Gasteiger partial charge in [0.1, 0.15) is 11.6 Å². The highest BCUT2D eigenvalue weighted by molar-refractivity contribution is 6.06. The first-order chi connectivity index (χ1) is 12.3. The van der Waals surface area contributed by atoms with Crippen LogP contribution in [0.5, 0.6) is 5.75 Å². The molecule has 0 spiro atoms. The summed E-state index contributed by atoms with van der Waals surface area (Å²) in [6, 6.07) is 13.6. The summed E-state index contributed by atoms with van der Waals surface area (Å²) in [5, 5.41) is 2.94. The van der Waals surface area contributed by atoms with E-state index in [4.69, 9.17) is 15.5 Å². The van der Waals surface area contributed by atoms with Crippen molar-refractivity contribution >= 4 is 16.9 Å². The molecule has 0 unspecified atom stereocenters. The van der Waals surface area contributed by atoms with Crippen molar-refractivity contribution in [2.45, 2.75) is 13.0 Å². The van der Waals surface area contributed by atoms with Crippen LogP contribution in [0.1, 0.15) is 16.8 Å². The summed E-state index contributed by atoms with van der Waals surface area (Å²) in [6.07, 6.45) is 0.835. The Kier molecular flexibility index (Phi) is 4.11. The van der Waals surface area contributed by atoms with Gasteiger partial charge in [0.05, 0.1) is 23.2 Å². The molecular weight excluding hydrogens is 316 g/mol. The summed E-state index contributed by atoms with van der Waals surface area (Å²) >= 11 is 0. The topological polar surface area (TPSA) is 82.2 Å². The van der Waals surface area contributed by atoms with Crippen molar-refractivity contribution in [3.63, 3.8) is 0 Å². The Hall–Kier alpha value is -2.86. The molecule has 0 atom stereocenters. The minimum absolute atomic E-state index is 0.0422. The number of imidazole rings is 1. The van der Waals surface area contributed by atoms with Gasteiger partial charge < -0.3 is 20.4 Å². The van der Waals surface area contributed by atoms with Gasteiger partial charge >= 0.3 is 0 Å². The van der Waals surface area contributed by atoms with Crippen LogP contribution in [-0.4, -0.2) is 35.2 Å². The van der Waals surface area contributed by atoms with Gasteiger partial charge in [-0.15, -0.1) is 0 Å². The molecule has 0 aliphatic carbocycles. The highest BCUT2D eigenvalue weighted by atomic mass is 16.5. The van der Waals surface area contributed by atoms with Gasteiger partial charge in [0.15, 0.2) is 0 Å². The number of aromatic nitrogens is 2. The third-order valence-electron chi connectivity index (χ3n) is 4.36. The van der Waals surface area contributed by atoms with E-state index >= 15 is 0 Å². The van der Waals surface area contributed by atoms with E-state index in [0.29, 0.717) is 31.8 Å². The molecule has 0 saturated carbocycles. The van der Waals surface area contributed by atoms with Crippen molar-refractivity contribution < 1.29 is 9.53 Å². The molecule has 4 rings (SSSR count). The van der Waals surface area contributed by atoms with Crippen molar-refractivity contribution in [2.75, 3.05) is 19.7 Å². The van der Waals surface area contributed by atoms with Crippen LogP contribution in [0.15, 0.2) is 42.5 Å². The standard InChI is InChI=1S/C19H20N4O2/c20-9-2-12-25-14-7-5-13(6-8-14)18-22-16-4-1-3-15-17(16)23(18)11-10-21-19(15)24/h1,3-8H,2,9-12,20H2,(H,21,24). The van der Waals surface area contributed by atoms with Gasteiger partial charge in [-0.3, -0.25) is 4.79 Å². The summed E-state index contributed by atoms with van der Waals surface area (Å²) in [6.45, 7) is 2.53. The molecule has 1 aliphatic rings. The van der Waals surface area contributed by atoms with Gasteiger partial charge in [-0.05, 0) is 49.4 Å². The summed E-state index contributed by atoms with van der Waals surface area (Å²) in [5.74, 6) is 1.65. The number of carbonyl (C=O) groups is 1. The first-order valence-electron chi connectivity index (χ1n) is 8.48. The largest absolute Gasteiger partial charge is 0.494 e. The molecule has 1 aromatic heterocycles. The zero-order chi connectivity index (χ0) is 17.2. The van der Waals surface area contributed by atoms with Gasteiger partial charge in [0.2, 0.25) is 0 Å². The second kappa shape index (κ2) is 6.57. The minimum atomic E-state index is -0.0422. The summed E-state index contributed by atoms with van der Waals surface area (Å²) in [5.41, 5.74) is 8.90. The van der Waals surface area contributed by atoms with E-state index < -0.39 is 0 Å². The molecule has 0 saturated heterocycles. The average molecular weight is 336 g/mol. The maximum absolute atomic E-state index is 12.2. The van der Waals surface area contributed by atoms with Crippen molar-refractivity contribution in [3.05, 3.63) is 48.0 Å². The van der Waals surface area contributed by atoms with E-state index in [1.807, 2.05) is 42.5 Å². The molecular formula is C19H20N4O2. The zero-order valence-corrected chi connectivity index (χ0v) is 13.9. The van der Waals surface area contributed by atoms with Crippen molar-refractivity contribution in [1.82, 2.24) is 14.9 Å². The van der Waals surface area contributed by atoms with E-state index in [1.54, 1.807) is 0 Å². The zero-order valence-electron chi connectivity index (χ0n) is 13.9. The Morgan fingerprint density at radius 1 is 1.20 bits per heavy atom. The van der Waals surface area contributed by atoms with Gasteiger partial charge in [-0.1, -0.05) is 6.07 Å². The highest BCUT2D eigenvalue weighted by Crippen LogP contribution is 2.29. The number of rotatable bonds is 5. The van der Waals surface area contributed by atoms with Crippen LogP contribution in [0.3, 0.4) is 0 Å². The number of para-hydroxylation sites is 1. The molecule has 128 valence electrons. The number of hydrogen-bond donors (Lipinski definition) is 2. The van der Waals surface area contributed by atoms with Crippen LogP contribution in [0, 0.1) is 0 Å². The van der Waals surface area contributed by atoms with Crippen LogP contribution in [0.2, 0.25) is 0 Å². The highest BCUT2D eigenvalue weighted by Gasteiger charge is 2.21. The molecule has 3 N–H and O–H groups in total. The fraction of sp³-hybridized carbons (Fsp3) is 0.263. The number of hydrogen-bond acceptors (Lipinski definition) is 4. The summed E-state index contributed by atoms with van der Waals surface area (Å²) in [7, 11) is 0. The number of benzene rings is 2. The van der Waals surface area contributed by atoms with Crippen LogP contribution in [0.25, 0.3) is 22.4 Å². The lowest BCUT2D eigenvalue weighted by molar-refractivity contribution is 0.0956. The fourth-order valence-electron chi connectivity index (χ4n) is 3.16. The van der Waals surface area contributed by atoms with Gasteiger partial charge in [-0.2, -0.15) is 0 Å². The summed E-state index contributed by atoms with van der Waals surface area (Å²) in [4.78, 5) is 17.0. The number of ether oxygens (including phenoxy) is 1. The first-order valence-corrected chi connectivity index (χ1v) is 8.48. The van der Waals surface area contributed by atoms with Crippen LogP contribution in [0.4, 0.5) is 0 Å². The van der Waals surface area contributed by atoms with Gasteiger partial charge in [0.25, 0.3) is 5.91 Å². The molecule has 25 heavy (non-hydrogen) atoms. The third kappa shape index (κ3) is 2.85. The average Bonchev–Trinajstić information content (AvgIpc) is 2.92. The predicted molar refractivity (Wildman–Crippen MR) is 96.7 cm³/mol. The Balaban J connectivity index is 1.73. The molecule has 6 heteroatoms. The van der Waals surface area contributed by atoms with E-state index in [0.717, 1.165) is 34.6 Å². The Bertz CT molecular complexity index is 915. The summed E-state index contributed by atoms with van der Waals surface area (Å²) < 4.78 is 7.77. The Morgan fingerprint density at radius 3 is 2.84 bits per heavy atom. The number of carbonyl (C=O) groups excluding carboxylic acids is 1. The predicted octanol–water partition coefficient (Wildman–Crippen LogP) is 2.17. The van der Waals surface area contributed by atoms with Crippen LogP contribution < -0.4 is 15.8 Å². The van der Waals surface area contributed by atoms with E-state index in [2.05, 4.69) is 9.88 Å². The molecule has 2 aromatic carbocycles. The van der Waals surface area contributed by atoms with Gasteiger partial charge in [0, 0.05) is 18.7 Å². The van der Waals surface area contributed by atoms with Crippen LogP contribution in [-0.2, 0) is 6.54 Å². The molecule has 1 amide bonds. The molecule has 1 aliphatic heterocycles. The van der Waals surface area contributed by atoms with E-state index in [1.165, 1.54) is 0 Å². The smallest absolute Gasteiger partial charge is 0.253 e. The monoisotopic (exact) mass is 336 g/mol. The molecule has 3 aromatic rings. The lowest BCUT2D eigenvalue weighted by atomic mass is 10.1. The third-order valence-corrected chi connectivity index (χ3v) is 4.36. The van der Waals surface area contributed by atoms with Crippen LogP contribution >= 0.6 is 0 Å². The second-order valence-electron chi connectivity index (χ2n) is 6.03. The second-order valence-corrected chi connectivity index (χ2v) is 6.03. The molecule has 6 nitrogen and oxygen atoms in total. The van der Waals surface area contributed by atoms with Crippen molar-refractivity contribution in [1.29, 1.82) is 0 Å². The number of nitrogens with two attached hydrogens (primary N) is 1. The Morgan fingerprint density at radius 2 is 2.04 bits per heavy atom. The van der Waals surface area contributed by atoms with Crippen molar-refractivity contribution in [2.24, 2.45) is 5.73 Å². The molecule has 0 radical (unpaired) electrons. The molecule has 0 fully saturated rings. The first kappa shape index (κ1) is 15.7. The number of amides is 1. The quantitative estimate of drug-likeness (QED) is 0.700. The van der Waals surface area contributed by atoms with Gasteiger partial charge in [-0.25, -0.2) is 4.98 Å². The minimum Gasteiger partial charge on any atom is -0.494 e. The maximum Gasteiger partial charge on any atom is 0.253 e.